The van der Waals surface area contributed by atoms with Gasteiger partial charge in [0.15, 0.2) is 0 Å². The number of carbonyl (C=O) groups excluding carboxylic acids is 3. The highest BCUT2D eigenvalue weighted by molar-refractivity contribution is 5.97. The van der Waals surface area contributed by atoms with E-state index in [0.29, 0.717) is 16.8 Å². The molecule has 0 spiro atoms. The fourth-order valence-electron chi connectivity index (χ4n) is 2.75. The van der Waals surface area contributed by atoms with Crippen LogP contribution in [0.1, 0.15) is 41.3 Å². The summed E-state index contributed by atoms with van der Waals surface area (Å²) < 4.78 is 0. The molecule has 0 saturated carbocycles. The molecule has 2 aromatic carbocycles. The van der Waals surface area contributed by atoms with Crippen molar-refractivity contribution in [3.63, 3.8) is 0 Å². The van der Waals surface area contributed by atoms with Gasteiger partial charge in [-0.2, -0.15) is 0 Å². The molecule has 2 rings (SSSR count). The zero-order chi connectivity index (χ0) is 24.1. The lowest BCUT2D eigenvalue weighted by Crippen LogP contribution is -2.50. The van der Waals surface area contributed by atoms with Gasteiger partial charge in [-0.05, 0) is 61.5 Å². The second-order valence-corrected chi connectivity index (χ2v) is 7.22. The Balaban J connectivity index is 1.91. The zero-order valence-corrected chi connectivity index (χ0v) is 18.5. The maximum absolute atomic E-state index is 12.2. The molecule has 3 amide bonds. The number of hydrogen-bond acceptors (Lipinski definition) is 6. The molecule has 1 atom stereocenters. The molecule has 0 saturated heterocycles. The molecule has 0 heterocycles. The van der Waals surface area contributed by atoms with Crippen molar-refractivity contribution in [3.05, 3.63) is 65.2 Å². The molecule has 9 heteroatoms. The third-order valence-corrected chi connectivity index (χ3v) is 4.63. The van der Waals surface area contributed by atoms with Crippen LogP contribution in [-0.4, -0.2) is 48.6 Å². The van der Waals surface area contributed by atoms with Gasteiger partial charge < -0.3 is 21.7 Å². The van der Waals surface area contributed by atoms with E-state index in [0.717, 1.165) is 24.9 Å². The van der Waals surface area contributed by atoms with E-state index in [1.54, 1.807) is 36.4 Å². The lowest BCUT2D eigenvalue weighted by Gasteiger charge is -2.14. The molecule has 9 nitrogen and oxygen atoms in total. The fourth-order valence-corrected chi connectivity index (χ4v) is 2.75. The molecule has 0 fully saturated rings. The summed E-state index contributed by atoms with van der Waals surface area (Å²) in [6.07, 6.45) is 2.12. The van der Waals surface area contributed by atoms with E-state index >= 15 is 0 Å². The monoisotopic (exact) mass is 451 g/mol. The molecular weight excluding hydrogens is 422 g/mol. The molecule has 0 radical (unpaired) electrons. The van der Waals surface area contributed by atoms with Gasteiger partial charge in [0.2, 0.25) is 5.91 Å². The van der Waals surface area contributed by atoms with Crippen molar-refractivity contribution in [1.82, 2.24) is 16.1 Å². The Morgan fingerprint density at radius 1 is 1.00 bits per heavy atom. The van der Waals surface area contributed by atoms with Gasteiger partial charge >= 0.3 is 0 Å². The molecule has 2 aromatic rings. The molecule has 0 aliphatic rings. The summed E-state index contributed by atoms with van der Waals surface area (Å²) in [5, 5.41) is 17.0. The number of carbonyl (C=O) groups is 3. The van der Waals surface area contributed by atoms with Crippen molar-refractivity contribution in [2.45, 2.75) is 25.8 Å². The van der Waals surface area contributed by atoms with Gasteiger partial charge in [0.1, 0.15) is 6.04 Å². The fraction of sp³-hybridized carbons (Fsp3) is 0.292. The maximum Gasteiger partial charge on any atom is 0.267 e. The van der Waals surface area contributed by atoms with Gasteiger partial charge in [0.05, 0.1) is 6.54 Å². The van der Waals surface area contributed by atoms with Crippen molar-refractivity contribution in [1.29, 1.82) is 0 Å². The van der Waals surface area contributed by atoms with Gasteiger partial charge in [0.25, 0.3) is 11.8 Å². The van der Waals surface area contributed by atoms with Crippen LogP contribution in [0.5, 0.6) is 0 Å². The van der Waals surface area contributed by atoms with Gasteiger partial charge in [0, 0.05) is 28.9 Å². The van der Waals surface area contributed by atoms with E-state index in [4.69, 9.17) is 10.9 Å². The number of hydrogen-bond donors (Lipinski definition) is 6. The number of hydroxylamine groups is 1. The Bertz CT molecular complexity index is 994. The summed E-state index contributed by atoms with van der Waals surface area (Å²) in [4.78, 5) is 35.6. The van der Waals surface area contributed by atoms with Crippen LogP contribution >= 0.6 is 0 Å². The average molecular weight is 452 g/mol. The third-order valence-electron chi connectivity index (χ3n) is 4.63. The summed E-state index contributed by atoms with van der Waals surface area (Å²) in [6, 6.07) is 12.7. The molecule has 0 unspecified atom stereocenters. The Hall–Kier alpha value is -3.71. The van der Waals surface area contributed by atoms with Gasteiger partial charge in [-0.1, -0.05) is 25.2 Å². The van der Waals surface area contributed by atoms with Crippen LogP contribution in [0.25, 0.3) is 0 Å². The lowest BCUT2D eigenvalue weighted by molar-refractivity contribution is -0.130. The first-order valence-corrected chi connectivity index (χ1v) is 10.6. The number of amides is 3. The second kappa shape index (κ2) is 13.6. The topological polar surface area (TPSA) is 146 Å². The highest BCUT2D eigenvalue weighted by Crippen LogP contribution is 2.09. The maximum atomic E-state index is 12.2. The van der Waals surface area contributed by atoms with E-state index in [1.807, 2.05) is 12.1 Å². The summed E-state index contributed by atoms with van der Waals surface area (Å²) >= 11 is 0. The molecule has 0 bridgehead atoms. The summed E-state index contributed by atoms with van der Waals surface area (Å²) in [7, 11) is 0. The average Bonchev–Trinajstić information content (AvgIpc) is 2.84. The van der Waals surface area contributed by atoms with E-state index < -0.39 is 17.9 Å². The van der Waals surface area contributed by atoms with Crippen LogP contribution in [0.15, 0.2) is 48.5 Å². The Kier molecular flexibility index (Phi) is 10.6. The normalized spacial score (nSPS) is 11.0. The largest absolute Gasteiger partial charge is 0.339 e. The van der Waals surface area contributed by atoms with Crippen molar-refractivity contribution in [3.8, 4) is 11.8 Å². The number of anilines is 1. The molecule has 7 N–H and O–H groups in total. The van der Waals surface area contributed by atoms with Gasteiger partial charge in [-0.15, -0.1) is 0 Å². The van der Waals surface area contributed by atoms with Crippen molar-refractivity contribution in [2.75, 3.05) is 25.0 Å². The van der Waals surface area contributed by atoms with E-state index in [9.17, 15) is 14.4 Å². The summed E-state index contributed by atoms with van der Waals surface area (Å²) in [5.74, 6) is 4.66. The van der Waals surface area contributed by atoms with Crippen LogP contribution < -0.4 is 27.2 Å². The van der Waals surface area contributed by atoms with Gasteiger partial charge in [-0.25, -0.2) is 5.48 Å². The molecule has 0 aliphatic carbocycles. The minimum absolute atomic E-state index is 0.0937. The SMILES string of the molecule is CCCCNCC(=O)Nc1ccc(C#Cc2ccc(C(=O)N[C@@H](CN)C(=O)NO)cc2)cc1. The van der Waals surface area contributed by atoms with Crippen molar-refractivity contribution in [2.24, 2.45) is 5.73 Å². The first-order valence-electron chi connectivity index (χ1n) is 10.6. The number of benzene rings is 2. The van der Waals surface area contributed by atoms with Crippen molar-refractivity contribution >= 4 is 23.4 Å². The summed E-state index contributed by atoms with van der Waals surface area (Å²) in [6.45, 7) is 3.04. The second-order valence-electron chi connectivity index (χ2n) is 7.22. The molecule has 33 heavy (non-hydrogen) atoms. The number of unbranched alkanes of at least 4 members (excludes halogenated alkanes) is 1. The predicted molar refractivity (Wildman–Crippen MR) is 126 cm³/mol. The highest BCUT2D eigenvalue weighted by Gasteiger charge is 2.19. The molecule has 174 valence electrons. The van der Waals surface area contributed by atoms with Crippen molar-refractivity contribution < 1.29 is 19.6 Å². The van der Waals surface area contributed by atoms with Crippen LogP contribution in [0, 0.1) is 11.8 Å². The molecule has 0 aromatic heterocycles. The number of rotatable bonds is 10. The highest BCUT2D eigenvalue weighted by atomic mass is 16.5. The Morgan fingerprint density at radius 2 is 1.61 bits per heavy atom. The quantitative estimate of drug-likeness (QED) is 0.137. The van der Waals surface area contributed by atoms with E-state index in [1.165, 1.54) is 5.48 Å². The predicted octanol–water partition coefficient (Wildman–Crippen LogP) is 0.977. The standard InChI is InChI=1S/C24H29N5O4/c1-2-3-14-26-16-22(30)27-20-12-8-18(9-13-20)5-4-17-6-10-19(11-7-17)23(31)28-21(15-25)24(32)29-33/h6-13,21,26,33H,2-3,14-16,25H2,1H3,(H,27,30)(H,28,31)(H,29,32)/t21-/m0/s1. The minimum atomic E-state index is -1.04. The van der Waals surface area contributed by atoms with Crippen LogP contribution in [0.2, 0.25) is 0 Å². The van der Waals surface area contributed by atoms with Crippen LogP contribution in [-0.2, 0) is 9.59 Å². The first kappa shape index (κ1) is 25.5. The van der Waals surface area contributed by atoms with E-state index in [2.05, 4.69) is 34.7 Å². The molecule has 0 aliphatic heterocycles. The smallest absolute Gasteiger partial charge is 0.267 e. The van der Waals surface area contributed by atoms with Gasteiger partial charge in [-0.3, -0.25) is 19.6 Å². The van der Waals surface area contributed by atoms with Crippen LogP contribution in [0.4, 0.5) is 5.69 Å². The third kappa shape index (κ3) is 8.74. The lowest BCUT2D eigenvalue weighted by atomic mass is 10.1. The number of nitrogens with two attached hydrogens (primary N) is 1. The minimum Gasteiger partial charge on any atom is -0.339 e. The Labute approximate surface area is 193 Å². The first-order chi connectivity index (χ1) is 16.0. The summed E-state index contributed by atoms with van der Waals surface area (Å²) in [5.41, 5.74) is 9.39. The zero-order valence-electron chi connectivity index (χ0n) is 18.5. The Morgan fingerprint density at radius 3 is 2.15 bits per heavy atom. The van der Waals surface area contributed by atoms with E-state index in [-0.39, 0.29) is 19.0 Å². The van der Waals surface area contributed by atoms with Crippen LogP contribution in [0.3, 0.4) is 0 Å². The molecular formula is C24H29N5O4. The number of nitrogens with one attached hydrogen (secondary N) is 4.